The third-order valence-electron chi connectivity index (χ3n) is 2.56. The Bertz CT molecular complexity index is 451. The number of hydrogen-bond acceptors (Lipinski definition) is 1. The number of hydrogen-bond donors (Lipinski definition) is 0. The van der Waals surface area contributed by atoms with Crippen molar-refractivity contribution in [1.29, 1.82) is 0 Å². The summed E-state index contributed by atoms with van der Waals surface area (Å²) in [5, 5.41) is 0. The summed E-state index contributed by atoms with van der Waals surface area (Å²) < 4.78 is 37.2. The van der Waals surface area contributed by atoms with Crippen molar-refractivity contribution in [3.8, 4) is 0 Å². The van der Waals surface area contributed by atoms with Gasteiger partial charge in [0.1, 0.15) is 5.57 Å². The van der Waals surface area contributed by atoms with Crippen molar-refractivity contribution >= 4 is 5.91 Å². The average Bonchev–Trinajstić information content (AvgIpc) is 2.61. The van der Waals surface area contributed by atoms with E-state index in [4.69, 9.17) is 0 Å². The molecule has 5 heteroatoms. The van der Waals surface area contributed by atoms with Crippen molar-refractivity contribution in [2.45, 2.75) is 12.7 Å². The Morgan fingerprint density at radius 1 is 1.18 bits per heavy atom. The molecule has 1 heterocycles. The average molecular weight is 241 g/mol. The molecule has 0 fully saturated rings. The lowest BCUT2D eigenvalue weighted by Crippen LogP contribution is -2.30. The van der Waals surface area contributed by atoms with Gasteiger partial charge >= 0.3 is 6.18 Å². The molecule has 0 saturated heterocycles. The van der Waals surface area contributed by atoms with Crippen LogP contribution in [0.5, 0.6) is 0 Å². The molecule has 2 nitrogen and oxygen atoms in total. The number of carbonyl (C=O) groups excluding carboxylic acids is 1. The van der Waals surface area contributed by atoms with E-state index < -0.39 is 17.7 Å². The largest absolute Gasteiger partial charge is 0.421 e. The topological polar surface area (TPSA) is 20.3 Å². The minimum Gasteiger partial charge on any atom is -0.331 e. The van der Waals surface area contributed by atoms with E-state index in [1.165, 1.54) is 4.90 Å². The highest BCUT2D eigenvalue weighted by Gasteiger charge is 2.43. The van der Waals surface area contributed by atoms with Crippen LogP contribution in [0.3, 0.4) is 0 Å². The summed E-state index contributed by atoms with van der Waals surface area (Å²) in [6.07, 6.45) is -3.62. The van der Waals surface area contributed by atoms with Crippen LogP contribution in [-0.4, -0.2) is 23.5 Å². The smallest absolute Gasteiger partial charge is 0.331 e. The first-order valence-corrected chi connectivity index (χ1v) is 5.09. The maximum atomic E-state index is 12.4. The fraction of sp³-hybridized carbons (Fsp3) is 0.250. The van der Waals surface area contributed by atoms with Crippen LogP contribution in [0, 0.1) is 0 Å². The lowest BCUT2D eigenvalue weighted by atomic mass is 10.2. The van der Waals surface area contributed by atoms with E-state index >= 15 is 0 Å². The predicted molar refractivity (Wildman–Crippen MR) is 56.0 cm³/mol. The molecule has 0 atom stereocenters. The zero-order chi connectivity index (χ0) is 12.5. The molecule has 1 aromatic rings. The molecule has 0 aliphatic carbocycles. The van der Waals surface area contributed by atoms with Gasteiger partial charge in [0, 0.05) is 13.1 Å². The molecule has 1 aromatic carbocycles. The Labute approximate surface area is 96.3 Å². The first-order chi connectivity index (χ1) is 7.98. The molecule has 90 valence electrons. The molecule has 0 unspecified atom stereocenters. The molecule has 0 saturated carbocycles. The molecule has 0 N–H and O–H groups in total. The number of alkyl halides is 3. The van der Waals surface area contributed by atoms with Gasteiger partial charge in [-0.1, -0.05) is 30.3 Å². The predicted octanol–water partition coefficient (Wildman–Crippen LogP) is 2.52. The Kier molecular flexibility index (Phi) is 2.92. The van der Waals surface area contributed by atoms with Crippen molar-refractivity contribution in [3.05, 3.63) is 47.5 Å². The minimum atomic E-state index is -4.55. The van der Waals surface area contributed by atoms with Crippen molar-refractivity contribution in [2.24, 2.45) is 0 Å². The van der Waals surface area contributed by atoms with Gasteiger partial charge in [0.25, 0.3) is 5.91 Å². The molecule has 0 radical (unpaired) electrons. The highest BCUT2D eigenvalue weighted by molar-refractivity contribution is 5.97. The molecule has 1 aliphatic heterocycles. The van der Waals surface area contributed by atoms with Crippen LogP contribution in [0.4, 0.5) is 13.2 Å². The summed E-state index contributed by atoms with van der Waals surface area (Å²) >= 11 is 0. The van der Waals surface area contributed by atoms with Crippen LogP contribution in [0.15, 0.2) is 42.0 Å². The SMILES string of the molecule is O=C1C(C(F)(F)F)=CCN1Cc1ccccc1. The van der Waals surface area contributed by atoms with E-state index in [1.54, 1.807) is 24.3 Å². The van der Waals surface area contributed by atoms with Crippen LogP contribution in [-0.2, 0) is 11.3 Å². The van der Waals surface area contributed by atoms with Crippen LogP contribution in [0.1, 0.15) is 5.56 Å². The maximum Gasteiger partial charge on any atom is 0.421 e. The Hall–Kier alpha value is -1.78. The third-order valence-corrected chi connectivity index (χ3v) is 2.56. The van der Waals surface area contributed by atoms with E-state index in [-0.39, 0.29) is 13.1 Å². The fourth-order valence-electron chi connectivity index (χ4n) is 1.72. The molecule has 17 heavy (non-hydrogen) atoms. The summed E-state index contributed by atoms with van der Waals surface area (Å²) in [5.41, 5.74) is -0.244. The monoisotopic (exact) mass is 241 g/mol. The number of rotatable bonds is 2. The van der Waals surface area contributed by atoms with Gasteiger partial charge in [0.15, 0.2) is 0 Å². The lowest BCUT2D eigenvalue weighted by molar-refractivity contribution is -0.137. The van der Waals surface area contributed by atoms with Gasteiger partial charge in [-0.2, -0.15) is 13.2 Å². The number of amides is 1. The van der Waals surface area contributed by atoms with Crippen molar-refractivity contribution in [1.82, 2.24) is 4.90 Å². The van der Waals surface area contributed by atoms with Crippen molar-refractivity contribution < 1.29 is 18.0 Å². The Morgan fingerprint density at radius 3 is 2.35 bits per heavy atom. The highest BCUT2D eigenvalue weighted by Crippen LogP contribution is 2.30. The highest BCUT2D eigenvalue weighted by atomic mass is 19.4. The molecule has 0 bridgehead atoms. The fourth-order valence-corrected chi connectivity index (χ4v) is 1.72. The summed E-state index contributed by atoms with van der Waals surface area (Å²) in [7, 11) is 0. The lowest BCUT2D eigenvalue weighted by Gasteiger charge is -2.17. The van der Waals surface area contributed by atoms with Crippen molar-refractivity contribution in [3.63, 3.8) is 0 Å². The van der Waals surface area contributed by atoms with Crippen molar-refractivity contribution in [2.75, 3.05) is 6.54 Å². The molecule has 1 aliphatic rings. The summed E-state index contributed by atoms with van der Waals surface area (Å²) in [5.74, 6) is -0.943. The van der Waals surface area contributed by atoms with E-state index in [1.807, 2.05) is 6.07 Å². The molecule has 2 rings (SSSR count). The molecule has 0 spiro atoms. The van der Waals surface area contributed by atoms with Crippen LogP contribution in [0.2, 0.25) is 0 Å². The third kappa shape index (κ3) is 2.49. The second-order valence-corrected chi connectivity index (χ2v) is 3.79. The zero-order valence-electron chi connectivity index (χ0n) is 8.87. The normalized spacial score (nSPS) is 16.3. The molecule has 1 amide bonds. The minimum absolute atomic E-state index is 0.0164. The first-order valence-electron chi connectivity index (χ1n) is 5.09. The van der Waals surface area contributed by atoms with E-state index in [0.29, 0.717) is 0 Å². The summed E-state index contributed by atoms with van der Waals surface area (Å²) in [4.78, 5) is 12.7. The van der Waals surface area contributed by atoms with Crippen LogP contribution >= 0.6 is 0 Å². The number of halogens is 3. The number of nitrogens with zero attached hydrogens (tertiary/aromatic N) is 1. The molecule has 0 aromatic heterocycles. The molecular formula is C12H10F3NO. The Morgan fingerprint density at radius 2 is 1.82 bits per heavy atom. The van der Waals surface area contributed by atoms with Gasteiger partial charge in [0.2, 0.25) is 0 Å². The standard InChI is InChI=1S/C12H10F3NO/c13-12(14,15)10-6-7-16(11(10)17)8-9-4-2-1-3-5-9/h1-6H,7-8H2. The number of carbonyl (C=O) groups is 1. The van der Waals surface area contributed by atoms with Gasteiger partial charge in [-0.05, 0) is 11.6 Å². The summed E-state index contributed by atoms with van der Waals surface area (Å²) in [6, 6.07) is 8.94. The van der Waals surface area contributed by atoms with Gasteiger partial charge in [-0.15, -0.1) is 0 Å². The quantitative estimate of drug-likeness (QED) is 0.779. The maximum absolute atomic E-state index is 12.4. The Balaban J connectivity index is 2.07. The van der Waals surface area contributed by atoms with Crippen LogP contribution < -0.4 is 0 Å². The van der Waals surface area contributed by atoms with E-state index in [2.05, 4.69) is 0 Å². The van der Waals surface area contributed by atoms with Gasteiger partial charge in [-0.25, -0.2) is 0 Å². The van der Waals surface area contributed by atoms with E-state index in [9.17, 15) is 18.0 Å². The summed E-state index contributed by atoms with van der Waals surface area (Å²) in [6.45, 7) is 0.221. The van der Waals surface area contributed by atoms with Crippen LogP contribution in [0.25, 0.3) is 0 Å². The zero-order valence-corrected chi connectivity index (χ0v) is 8.87. The first kappa shape index (κ1) is 11.7. The van der Waals surface area contributed by atoms with E-state index in [0.717, 1.165) is 11.6 Å². The second-order valence-electron chi connectivity index (χ2n) is 3.79. The van der Waals surface area contributed by atoms with Gasteiger partial charge < -0.3 is 4.90 Å². The number of benzene rings is 1. The van der Waals surface area contributed by atoms with Gasteiger partial charge in [0.05, 0.1) is 0 Å². The van der Waals surface area contributed by atoms with Gasteiger partial charge in [-0.3, -0.25) is 4.79 Å². The molecular weight excluding hydrogens is 231 g/mol. The second kappa shape index (κ2) is 4.24.